The number of likely N-dealkylation sites (tertiary alicyclic amines) is 1. The molecule has 31 heavy (non-hydrogen) atoms. The summed E-state index contributed by atoms with van der Waals surface area (Å²) in [5.41, 5.74) is 3.34. The van der Waals surface area contributed by atoms with Gasteiger partial charge in [-0.05, 0) is 37.8 Å². The average Bonchev–Trinajstić information content (AvgIpc) is 3.32. The normalized spacial score (nSPS) is 17.9. The second kappa shape index (κ2) is 10.6. The Balaban J connectivity index is 1.20. The van der Waals surface area contributed by atoms with Crippen LogP contribution in [0.1, 0.15) is 50.6 Å². The predicted molar refractivity (Wildman–Crippen MR) is 121 cm³/mol. The molecular weight excluding hydrogens is 412 g/mol. The Kier molecular flexibility index (Phi) is 7.40. The predicted octanol–water partition coefficient (Wildman–Crippen LogP) is 4.41. The maximum atomic E-state index is 12.7. The van der Waals surface area contributed by atoms with Gasteiger partial charge in [0, 0.05) is 42.2 Å². The van der Waals surface area contributed by atoms with Crippen LogP contribution in [0.2, 0.25) is 0 Å². The molecule has 4 rings (SSSR count). The number of piperidine rings is 1. The van der Waals surface area contributed by atoms with Gasteiger partial charge in [-0.3, -0.25) is 4.79 Å². The largest absolute Gasteiger partial charge is 0.487 e. The fourth-order valence-electron chi connectivity index (χ4n) is 4.33. The van der Waals surface area contributed by atoms with Crippen LogP contribution in [0.4, 0.5) is 10.5 Å². The lowest BCUT2D eigenvalue weighted by Gasteiger charge is -2.35. The first kappa shape index (κ1) is 21.6. The lowest BCUT2D eigenvalue weighted by atomic mass is 9.87. The van der Waals surface area contributed by atoms with Crippen molar-refractivity contribution < 1.29 is 14.3 Å². The zero-order chi connectivity index (χ0) is 21.5. The van der Waals surface area contributed by atoms with Crippen LogP contribution < -0.4 is 15.4 Å². The van der Waals surface area contributed by atoms with E-state index in [4.69, 9.17) is 4.74 Å². The van der Waals surface area contributed by atoms with Gasteiger partial charge < -0.3 is 20.3 Å². The van der Waals surface area contributed by atoms with Crippen LogP contribution in [-0.4, -0.2) is 41.0 Å². The molecule has 1 aliphatic heterocycles. The lowest BCUT2D eigenvalue weighted by molar-refractivity contribution is -0.137. The van der Waals surface area contributed by atoms with E-state index in [-0.39, 0.29) is 18.0 Å². The molecule has 0 atom stereocenters. The monoisotopic (exact) mass is 442 g/mol. The Morgan fingerprint density at radius 1 is 1.13 bits per heavy atom. The zero-order valence-corrected chi connectivity index (χ0v) is 18.5. The van der Waals surface area contributed by atoms with Crippen LogP contribution in [0, 0.1) is 5.92 Å². The number of rotatable bonds is 6. The average molecular weight is 443 g/mol. The summed E-state index contributed by atoms with van der Waals surface area (Å²) in [5.74, 6) is 1.21. The molecule has 0 bridgehead atoms. The molecule has 0 unspecified atom stereocenters. The van der Waals surface area contributed by atoms with Crippen LogP contribution >= 0.6 is 11.3 Å². The van der Waals surface area contributed by atoms with Gasteiger partial charge in [0.25, 0.3) is 0 Å². The summed E-state index contributed by atoms with van der Waals surface area (Å²) in [6.07, 6.45) is 7.26. The van der Waals surface area contributed by atoms with E-state index < -0.39 is 0 Å². The van der Waals surface area contributed by atoms with Gasteiger partial charge in [-0.15, -0.1) is 11.3 Å². The first-order chi connectivity index (χ1) is 15.2. The highest BCUT2D eigenvalue weighted by molar-refractivity contribution is 7.07. The van der Waals surface area contributed by atoms with Crippen LogP contribution in [0.15, 0.2) is 35.2 Å². The smallest absolute Gasteiger partial charge is 0.319 e. The van der Waals surface area contributed by atoms with Crippen molar-refractivity contribution in [3.8, 4) is 5.75 Å². The van der Waals surface area contributed by atoms with Crippen molar-refractivity contribution >= 4 is 29.0 Å². The minimum atomic E-state index is -0.228. The van der Waals surface area contributed by atoms with Crippen LogP contribution in [-0.2, 0) is 11.4 Å². The number of urea groups is 1. The van der Waals surface area contributed by atoms with E-state index in [1.807, 2.05) is 28.5 Å². The molecule has 0 spiro atoms. The molecule has 2 aliphatic rings. The van der Waals surface area contributed by atoms with Crippen molar-refractivity contribution in [2.45, 2.75) is 57.6 Å². The number of ether oxygens (including phenoxy) is 1. The zero-order valence-electron chi connectivity index (χ0n) is 17.7. The number of nitrogens with one attached hydrogen (secondary N) is 2. The van der Waals surface area contributed by atoms with Gasteiger partial charge >= 0.3 is 6.03 Å². The lowest BCUT2D eigenvalue weighted by Crippen LogP contribution is -2.49. The third-order valence-electron chi connectivity index (χ3n) is 6.06. The van der Waals surface area contributed by atoms with E-state index in [2.05, 4.69) is 15.6 Å². The molecule has 1 aromatic heterocycles. The number of carbonyl (C=O) groups excluding carboxylic acids is 2. The summed E-state index contributed by atoms with van der Waals surface area (Å²) in [6, 6.07) is 7.20. The summed E-state index contributed by atoms with van der Waals surface area (Å²) in [4.78, 5) is 31.3. The highest BCUT2D eigenvalue weighted by Gasteiger charge is 2.29. The quantitative estimate of drug-likeness (QED) is 0.694. The van der Waals surface area contributed by atoms with E-state index in [1.54, 1.807) is 11.6 Å². The highest BCUT2D eigenvalue weighted by atomic mass is 32.1. The van der Waals surface area contributed by atoms with E-state index in [1.165, 1.54) is 30.6 Å². The van der Waals surface area contributed by atoms with Crippen LogP contribution in [0.25, 0.3) is 0 Å². The number of carbonyl (C=O) groups is 2. The van der Waals surface area contributed by atoms with E-state index in [0.717, 1.165) is 44.5 Å². The van der Waals surface area contributed by atoms with Crippen molar-refractivity contribution in [1.29, 1.82) is 0 Å². The molecule has 0 radical (unpaired) electrons. The molecule has 1 aromatic carbocycles. The number of aromatic nitrogens is 1. The van der Waals surface area contributed by atoms with Crippen molar-refractivity contribution in [1.82, 2.24) is 15.2 Å². The van der Waals surface area contributed by atoms with Gasteiger partial charge in [0.05, 0.1) is 11.2 Å². The van der Waals surface area contributed by atoms with Gasteiger partial charge in [-0.2, -0.15) is 0 Å². The Hall–Kier alpha value is -2.61. The summed E-state index contributed by atoms with van der Waals surface area (Å²) >= 11 is 1.53. The molecule has 3 amide bonds. The van der Waals surface area contributed by atoms with E-state index >= 15 is 0 Å². The Morgan fingerprint density at radius 3 is 2.68 bits per heavy atom. The van der Waals surface area contributed by atoms with Gasteiger partial charge in [-0.25, -0.2) is 9.78 Å². The highest BCUT2D eigenvalue weighted by Crippen LogP contribution is 2.26. The van der Waals surface area contributed by atoms with E-state index in [0.29, 0.717) is 24.0 Å². The number of hydrogen-bond donors (Lipinski definition) is 2. The molecular formula is C23H30N4O3S. The van der Waals surface area contributed by atoms with Gasteiger partial charge in [0.2, 0.25) is 5.91 Å². The number of amides is 3. The minimum Gasteiger partial charge on any atom is -0.487 e. The van der Waals surface area contributed by atoms with E-state index in [9.17, 15) is 9.59 Å². The molecule has 2 N–H and O–H groups in total. The van der Waals surface area contributed by atoms with Crippen LogP contribution in [0.5, 0.6) is 5.75 Å². The molecule has 8 heteroatoms. The number of nitrogens with zero attached hydrogens (tertiary/aromatic N) is 2. The van der Waals surface area contributed by atoms with Gasteiger partial charge in [-0.1, -0.05) is 25.3 Å². The second-order valence-electron chi connectivity index (χ2n) is 8.33. The number of thiazole rings is 1. The molecule has 2 fully saturated rings. The SMILES string of the molecule is O=C(Nc1cccc(OCc2cscn2)c1)NC1CCN(C(=O)C2CCCCC2)CC1. The summed E-state index contributed by atoms with van der Waals surface area (Å²) in [6.45, 7) is 1.84. The van der Waals surface area contributed by atoms with Gasteiger partial charge in [0.1, 0.15) is 12.4 Å². The number of benzene rings is 1. The van der Waals surface area contributed by atoms with Crippen molar-refractivity contribution in [2.24, 2.45) is 5.92 Å². The maximum absolute atomic E-state index is 12.7. The second-order valence-corrected chi connectivity index (χ2v) is 9.05. The fourth-order valence-corrected chi connectivity index (χ4v) is 4.88. The van der Waals surface area contributed by atoms with Crippen LogP contribution in [0.3, 0.4) is 0 Å². The number of hydrogen-bond acceptors (Lipinski definition) is 5. The molecule has 1 aliphatic carbocycles. The molecule has 2 aromatic rings. The first-order valence-corrected chi connectivity index (χ1v) is 12.1. The Labute approximate surface area is 187 Å². The molecule has 1 saturated heterocycles. The molecule has 1 saturated carbocycles. The number of anilines is 1. The fraction of sp³-hybridized carbons (Fsp3) is 0.522. The Bertz CT molecular complexity index is 859. The molecule has 2 heterocycles. The summed E-state index contributed by atoms with van der Waals surface area (Å²) in [7, 11) is 0. The van der Waals surface area contributed by atoms with Crippen molar-refractivity contribution in [3.05, 3.63) is 40.8 Å². The van der Waals surface area contributed by atoms with Crippen molar-refractivity contribution in [3.63, 3.8) is 0 Å². The standard InChI is InChI=1S/C23H30N4O3S/c28-22(17-5-2-1-3-6-17)27-11-9-18(10-12-27)25-23(29)26-19-7-4-8-21(13-19)30-14-20-15-31-16-24-20/h4,7-8,13,15-18H,1-3,5-6,9-12,14H2,(H2,25,26,29). The molecule has 7 nitrogen and oxygen atoms in total. The maximum Gasteiger partial charge on any atom is 0.319 e. The minimum absolute atomic E-state index is 0.0829. The Morgan fingerprint density at radius 2 is 1.94 bits per heavy atom. The van der Waals surface area contributed by atoms with Crippen molar-refractivity contribution in [2.75, 3.05) is 18.4 Å². The summed E-state index contributed by atoms with van der Waals surface area (Å²) < 4.78 is 5.74. The topological polar surface area (TPSA) is 83.6 Å². The third kappa shape index (κ3) is 6.19. The first-order valence-electron chi connectivity index (χ1n) is 11.1. The van der Waals surface area contributed by atoms with Gasteiger partial charge in [0.15, 0.2) is 0 Å². The summed E-state index contributed by atoms with van der Waals surface area (Å²) in [5, 5.41) is 7.88. The molecule has 166 valence electrons. The third-order valence-corrected chi connectivity index (χ3v) is 6.69.